The molecule has 3 nitrogen and oxygen atoms in total. The Kier molecular flexibility index (Phi) is 3.85. The molecule has 2 rings (SSSR count). The van der Waals surface area contributed by atoms with E-state index in [0.717, 1.165) is 19.3 Å². The lowest BCUT2D eigenvalue weighted by atomic mass is 9.84. The van der Waals surface area contributed by atoms with Gasteiger partial charge in [-0.05, 0) is 38.0 Å². The molecule has 0 radical (unpaired) electrons. The van der Waals surface area contributed by atoms with E-state index in [2.05, 4.69) is 5.32 Å². The topological polar surface area (TPSA) is 55.1 Å². The van der Waals surface area contributed by atoms with Gasteiger partial charge in [0.25, 0.3) is 0 Å². The lowest BCUT2D eigenvalue weighted by molar-refractivity contribution is -0.125. The van der Waals surface area contributed by atoms with E-state index in [-0.39, 0.29) is 11.9 Å². The number of amides is 1. The van der Waals surface area contributed by atoms with E-state index in [1.54, 1.807) is 18.2 Å². The maximum absolute atomic E-state index is 12.3. The highest BCUT2D eigenvalue weighted by Crippen LogP contribution is 2.38. The molecular weight excluding hydrogens is 271 g/mol. The summed E-state index contributed by atoms with van der Waals surface area (Å²) in [6, 6.07) is 4.96. The lowest BCUT2D eigenvalue weighted by Crippen LogP contribution is -2.44. The third-order valence-corrected chi connectivity index (χ3v) is 4.46. The number of carbonyl (C=O) groups is 1. The van der Waals surface area contributed by atoms with Gasteiger partial charge in [0, 0.05) is 11.7 Å². The number of carbonyl (C=O) groups excluding carboxylic acids is 1. The molecule has 2 unspecified atom stereocenters. The molecule has 2 atom stereocenters. The van der Waals surface area contributed by atoms with Crippen LogP contribution in [0.2, 0.25) is 10.0 Å². The van der Waals surface area contributed by atoms with Crippen LogP contribution in [0.3, 0.4) is 0 Å². The van der Waals surface area contributed by atoms with E-state index in [1.807, 2.05) is 6.92 Å². The van der Waals surface area contributed by atoms with Gasteiger partial charge >= 0.3 is 0 Å². The Morgan fingerprint density at radius 1 is 1.44 bits per heavy atom. The number of nitrogens with two attached hydrogens (primary N) is 1. The van der Waals surface area contributed by atoms with Gasteiger partial charge in [-0.3, -0.25) is 4.79 Å². The molecule has 5 heteroatoms. The van der Waals surface area contributed by atoms with Crippen LogP contribution in [0.15, 0.2) is 18.2 Å². The molecule has 1 aromatic carbocycles. The first kappa shape index (κ1) is 13.7. The second-order valence-corrected chi connectivity index (χ2v) is 5.81. The number of hydrogen-bond donors (Lipinski definition) is 2. The molecule has 3 N–H and O–H groups in total. The normalized spacial score (nSPS) is 27.2. The van der Waals surface area contributed by atoms with Crippen molar-refractivity contribution >= 4 is 34.8 Å². The molecule has 1 aliphatic carbocycles. The summed E-state index contributed by atoms with van der Waals surface area (Å²) in [5, 5.41) is 3.76. The Balaban J connectivity index is 2.14. The summed E-state index contributed by atoms with van der Waals surface area (Å²) < 4.78 is 0. The van der Waals surface area contributed by atoms with Crippen LogP contribution in [0.25, 0.3) is 0 Å². The van der Waals surface area contributed by atoms with Gasteiger partial charge in [0.1, 0.15) is 0 Å². The number of benzene rings is 1. The molecular formula is C13H16Cl2N2O. The lowest BCUT2D eigenvalue weighted by Gasteiger charge is -2.27. The van der Waals surface area contributed by atoms with Gasteiger partial charge in [0.05, 0.1) is 15.5 Å². The number of nitrogens with one attached hydrogen (secondary N) is 1. The predicted molar refractivity (Wildman–Crippen MR) is 75.0 cm³/mol. The van der Waals surface area contributed by atoms with Crippen molar-refractivity contribution < 1.29 is 4.79 Å². The second-order valence-electron chi connectivity index (χ2n) is 5.00. The minimum Gasteiger partial charge on any atom is -0.327 e. The summed E-state index contributed by atoms with van der Waals surface area (Å²) in [7, 11) is 0. The van der Waals surface area contributed by atoms with E-state index >= 15 is 0 Å². The minimum atomic E-state index is -0.494. The molecule has 0 spiro atoms. The van der Waals surface area contributed by atoms with Crippen LogP contribution in [-0.2, 0) is 4.79 Å². The van der Waals surface area contributed by atoms with Crippen molar-refractivity contribution in [2.45, 2.75) is 32.2 Å². The summed E-state index contributed by atoms with van der Waals surface area (Å²) in [6.45, 7) is 1.91. The first-order valence-electron chi connectivity index (χ1n) is 5.95. The molecule has 0 bridgehead atoms. The molecule has 1 aromatic rings. The van der Waals surface area contributed by atoms with Gasteiger partial charge in [-0.1, -0.05) is 29.6 Å². The maximum Gasteiger partial charge on any atom is 0.231 e. The Labute approximate surface area is 117 Å². The molecule has 1 fully saturated rings. The number of rotatable bonds is 2. The van der Waals surface area contributed by atoms with Crippen LogP contribution in [0.4, 0.5) is 5.69 Å². The van der Waals surface area contributed by atoms with Gasteiger partial charge < -0.3 is 11.1 Å². The highest BCUT2D eigenvalue weighted by atomic mass is 35.5. The van der Waals surface area contributed by atoms with E-state index in [1.165, 1.54) is 0 Å². The molecule has 0 aromatic heterocycles. The van der Waals surface area contributed by atoms with E-state index in [0.29, 0.717) is 15.7 Å². The van der Waals surface area contributed by atoms with Crippen LogP contribution in [0.1, 0.15) is 26.2 Å². The zero-order valence-corrected chi connectivity index (χ0v) is 11.7. The Bertz CT molecular complexity index is 478. The van der Waals surface area contributed by atoms with Gasteiger partial charge in [0.15, 0.2) is 0 Å². The standard InChI is InChI=1S/C13H16Cl2N2O/c1-13(6-2-3-11(13)16)12(18)17-8-4-5-9(14)10(15)7-8/h4-5,7,11H,2-3,6,16H2,1H3,(H,17,18). The van der Waals surface area contributed by atoms with Gasteiger partial charge in [0.2, 0.25) is 5.91 Å². The molecule has 0 aliphatic heterocycles. The van der Waals surface area contributed by atoms with Crippen molar-refractivity contribution in [3.63, 3.8) is 0 Å². The van der Waals surface area contributed by atoms with Gasteiger partial charge in [-0.2, -0.15) is 0 Å². The van der Waals surface area contributed by atoms with Crippen LogP contribution < -0.4 is 11.1 Å². The third kappa shape index (κ3) is 2.48. The van der Waals surface area contributed by atoms with Gasteiger partial charge in [-0.25, -0.2) is 0 Å². The first-order valence-corrected chi connectivity index (χ1v) is 6.71. The van der Waals surface area contributed by atoms with Crippen molar-refractivity contribution in [3.05, 3.63) is 28.2 Å². The van der Waals surface area contributed by atoms with Crippen molar-refractivity contribution in [2.24, 2.45) is 11.1 Å². The van der Waals surface area contributed by atoms with Gasteiger partial charge in [-0.15, -0.1) is 0 Å². The van der Waals surface area contributed by atoms with Crippen molar-refractivity contribution in [3.8, 4) is 0 Å². The fourth-order valence-electron chi connectivity index (χ4n) is 2.32. The van der Waals surface area contributed by atoms with Crippen molar-refractivity contribution in [1.82, 2.24) is 0 Å². The summed E-state index contributed by atoms with van der Waals surface area (Å²) in [5.41, 5.74) is 6.17. The molecule has 18 heavy (non-hydrogen) atoms. The summed E-state index contributed by atoms with van der Waals surface area (Å²) >= 11 is 11.7. The number of anilines is 1. The van der Waals surface area contributed by atoms with E-state index in [9.17, 15) is 4.79 Å². The number of halogens is 2. The smallest absolute Gasteiger partial charge is 0.231 e. The molecule has 1 amide bonds. The van der Waals surface area contributed by atoms with E-state index in [4.69, 9.17) is 28.9 Å². The Hall–Kier alpha value is -0.770. The third-order valence-electron chi connectivity index (χ3n) is 3.73. The highest BCUT2D eigenvalue weighted by Gasteiger charge is 2.42. The van der Waals surface area contributed by atoms with Crippen LogP contribution in [-0.4, -0.2) is 11.9 Å². The summed E-state index contributed by atoms with van der Waals surface area (Å²) in [4.78, 5) is 12.3. The minimum absolute atomic E-state index is 0.0501. The first-order chi connectivity index (χ1) is 8.43. The molecule has 1 saturated carbocycles. The average Bonchev–Trinajstić information content (AvgIpc) is 2.66. The molecule has 0 heterocycles. The molecule has 98 valence electrons. The SMILES string of the molecule is CC1(C(=O)Nc2ccc(Cl)c(Cl)c2)CCCC1N. The zero-order valence-electron chi connectivity index (χ0n) is 10.2. The van der Waals surface area contributed by atoms with Crippen LogP contribution in [0.5, 0.6) is 0 Å². The maximum atomic E-state index is 12.3. The van der Waals surface area contributed by atoms with Crippen molar-refractivity contribution in [1.29, 1.82) is 0 Å². The summed E-state index contributed by atoms with van der Waals surface area (Å²) in [6.07, 6.45) is 2.71. The fraction of sp³-hybridized carbons (Fsp3) is 0.462. The van der Waals surface area contributed by atoms with Crippen LogP contribution >= 0.6 is 23.2 Å². The predicted octanol–water partition coefficient (Wildman–Crippen LogP) is 3.45. The van der Waals surface area contributed by atoms with Crippen molar-refractivity contribution in [2.75, 3.05) is 5.32 Å². The molecule has 0 saturated heterocycles. The summed E-state index contributed by atoms with van der Waals surface area (Å²) in [5.74, 6) is -0.0501. The van der Waals surface area contributed by atoms with E-state index < -0.39 is 5.41 Å². The Morgan fingerprint density at radius 3 is 2.72 bits per heavy atom. The Morgan fingerprint density at radius 2 is 2.17 bits per heavy atom. The second kappa shape index (κ2) is 5.08. The van der Waals surface area contributed by atoms with Crippen LogP contribution in [0, 0.1) is 5.41 Å². The quantitative estimate of drug-likeness (QED) is 0.875. The largest absolute Gasteiger partial charge is 0.327 e. The number of hydrogen-bond acceptors (Lipinski definition) is 2. The fourth-order valence-corrected chi connectivity index (χ4v) is 2.62. The monoisotopic (exact) mass is 286 g/mol. The molecule has 1 aliphatic rings. The highest BCUT2D eigenvalue weighted by molar-refractivity contribution is 6.42. The zero-order chi connectivity index (χ0) is 13.3. The average molecular weight is 287 g/mol.